The number of halogens is 2. The Kier molecular flexibility index (Phi) is 9.73. The lowest BCUT2D eigenvalue weighted by Gasteiger charge is -2.33. The summed E-state index contributed by atoms with van der Waals surface area (Å²) in [5.74, 6) is -0.623. The van der Waals surface area contributed by atoms with Gasteiger partial charge in [-0.15, -0.1) is 0 Å². The molecule has 9 nitrogen and oxygen atoms in total. The quantitative estimate of drug-likeness (QED) is 0.344. The maximum absolute atomic E-state index is 13.3. The van der Waals surface area contributed by atoms with E-state index < -0.39 is 29.0 Å². The maximum atomic E-state index is 13.3. The highest BCUT2D eigenvalue weighted by atomic mass is 35.5. The van der Waals surface area contributed by atoms with Crippen LogP contribution in [-0.4, -0.2) is 46.9 Å². The Morgan fingerprint density at radius 1 is 1.17 bits per heavy atom. The molecule has 190 valence electrons. The third-order valence-corrected chi connectivity index (χ3v) is 5.69. The number of rotatable bonds is 10. The summed E-state index contributed by atoms with van der Waals surface area (Å²) in [6.45, 7) is 6.89. The van der Waals surface area contributed by atoms with Crippen molar-refractivity contribution < 1.29 is 24.0 Å². The van der Waals surface area contributed by atoms with Crippen molar-refractivity contribution in [2.75, 3.05) is 13.7 Å². The Bertz CT molecular complexity index is 1070. The molecule has 11 heteroatoms. The van der Waals surface area contributed by atoms with Crippen molar-refractivity contribution in [2.45, 2.75) is 52.2 Å². The Morgan fingerprint density at radius 2 is 1.80 bits per heavy atom. The SMILES string of the molecule is CC[C@H](C(=O)NC(C)(C)C)N(Cc1c(Cl)cccc1Cl)C(=O)COc1ccc([N+](=O)[O-])c(OC)c1. The number of carbonyl (C=O) groups is 2. The van der Waals surface area contributed by atoms with E-state index in [1.807, 2.05) is 20.8 Å². The molecule has 2 rings (SSSR count). The molecule has 1 N–H and O–H groups in total. The molecule has 0 bridgehead atoms. The van der Waals surface area contributed by atoms with Crippen LogP contribution in [0.2, 0.25) is 10.0 Å². The minimum Gasteiger partial charge on any atom is -0.490 e. The molecular weight excluding hydrogens is 497 g/mol. The van der Waals surface area contributed by atoms with Crippen LogP contribution in [-0.2, 0) is 16.1 Å². The fraction of sp³-hybridized carbons (Fsp3) is 0.417. The molecule has 2 aromatic carbocycles. The number of methoxy groups -OCH3 is 1. The van der Waals surface area contributed by atoms with Gasteiger partial charge in [-0.25, -0.2) is 0 Å². The molecule has 0 spiro atoms. The van der Waals surface area contributed by atoms with Crippen molar-refractivity contribution in [3.05, 3.63) is 62.1 Å². The molecule has 0 fully saturated rings. The van der Waals surface area contributed by atoms with Gasteiger partial charge in [-0.2, -0.15) is 0 Å². The molecule has 0 aromatic heterocycles. The van der Waals surface area contributed by atoms with E-state index >= 15 is 0 Å². The van der Waals surface area contributed by atoms with Crippen LogP contribution in [0, 0.1) is 10.1 Å². The summed E-state index contributed by atoms with van der Waals surface area (Å²) in [6.07, 6.45) is 0.334. The Labute approximate surface area is 214 Å². The van der Waals surface area contributed by atoms with E-state index in [0.29, 0.717) is 22.0 Å². The van der Waals surface area contributed by atoms with Crippen molar-refractivity contribution in [3.63, 3.8) is 0 Å². The Morgan fingerprint density at radius 3 is 2.31 bits per heavy atom. The first-order valence-corrected chi connectivity index (χ1v) is 11.6. The number of hydrogen-bond acceptors (Lipinski definition) is 6. The smallest absolute Gasteiger partial charge is 0.311 e. The van der Waals surface area contributed by atoms with Gasteiger partial charge in [0.2, 0.25) is 11.7 Å². The van der Waals surface area contributed by atoms with Gasteiger partial charge in [0.15, 0.2) is 6.61 Å². The third-order valence-electron chi connectivity index (χ3n) is 4.98. The average molecular weight is 526 g/mol. The van der Waals surface area contributed by atoms with Crippen LogP contribution in [0.1, 0.15) is 39.7 Å². The lowest BCUT2D eigenvalue weighted by atomic mass is 10.1. The number of nitro benzene ring substituents is 1. The molecule has 0 heterocycles. The van der Waals surface area contributed by atoms with Gasteiger partial charge < -0.3 is 19.7 Å². The van der Waals surface area contributed by atoms with Gasteiger partial charge in [0.1, 0.15) is 11.8 Å². The molecule has 2 amide bonds. The third kappa shape index (κ3) is 7.73. The Hall–Kier alpha value is -3.04. The van der Waals surface area contributed by atoms with Crippen molar-refractivity contribution in [2.24, 2.45) is 0 Å². The normalized spacial score (nSPS) is 12.0. The van der Waals surface area contributed by atoms with Crippen LogP contribution < -0.4 is 14.8 Å². The number of ether oxygens (including phenoxy) is 2. The number of carbonyl (C=O) groups excluding carboxylic acids is 2. The maximum Gasteiger partial charge on any atom is 0.311 e. The average Bonchev–Trinajstić information content (AvgIpc) is 2.77. The molecule has 0 saturated carbocycles. The van der Waals surface area contributed by atoms with Gasteiger partial charge in [-0.05, 0) is 45.4 Å². The fourth-order valence-electron chi connectivity index (χ4n) is 3.35. The highest BCUT2D eigenvalue weighted by Gasteiger charge is 2.32. The second-order valence-electron chi connectivity index (χ2n) is 8.76. The monoisotopic (exact) mass is 525 g/mol. The number of nitro groups is 1. The molecule has 2 aromatic rings. The second-order valence-corrected chi connectivity index (χ2v) is 9.58. The highest BCUT2D eigenvalue weighted by Crippen LogP contribution is 2.31. The van der Waals surface area contributed by atoms with Gasteiger partial charge in [0, 0.05) is 39.8 Å². The van der Waals surface area contributed by atoms with Crippen LogP contribution in [0.3, 0.4) is 0 Å². The van der Waals surface area contributed by atoms with E-state index in [1.165, 1.54) is 30.2 Å². The summed E-state index contributed by atoms with van der Waals surface area (Å²) < 4.78 is 10.6. The number of nitrogens with zero attached hydrogens (tertiary/aromatic N) is 2. The highest BCUT2D eigenvalue weighted by molar-refractivity contribution is 6.36. The Balaban J connectivity index is 2.33. The van der Waals surface area contributed by atoms with E-state index in [2.05, 4.69) is 5.32 Å². The van der Waals surface area contributed by atoms with E-state index in [-0.39, 0.29) is 29.6 Å². The number of amides is 2. The summed E-state index contributed by atoms with van der Waals surface area (Å²) in [7, 11) is 1.30. The summed E-state index contributed by atoms with van der Waals surface area (Å²) in [5.41, 5.74) is -0.234. The van der Waals surface area contributed by atoms with Crippen LogP contribution in [0.25, 0.3) is 0 Å². The van der Waals surface area contributed by atoms with Gasteiger partial charge in [0.25, 0.3) is 5.91 Å². The van der Waals surface area contributed by atoms with E-state index in [9.17, 15) is 19.7 Å². The summed E-state index contributed by atoms with van der Waals surface area (Å²) in [5, 5.41) is 14.7. The van der Waals surface area contributed by atoms with Crippen LogP contribution in [0.15, 0.2) is 36.4 Å². The molecule has 35 heavy (non-hydrogen) atoms. The summed E-state index contributed by atoms with van der Waals surface area (Å²) in [4.78, 5) is 38.3. The molecule has 0 radical (unpaired) electrons. The molecule has 0 unspecified atom stereocenters. The number of nitrogens with one attached hydrogen (secondary N) is 1. The zero-order valence-electron chi connectivity index (χ0n) is 20.3. The van der Waals surface area contributed by atoms with E-state index in [4.69, 9.17) is 32.7 Å². The number of hydrogen-bond donors (Lipinski definition) is 1. The first kappa shape index (κ1) is 28.2. The van der Waals surface area contributed by atoms with Crippen molar-refractivity contribution in [1.82, 2.24) is 10.2 Å². The molecule has 1 atom stereocenters. The molecule has 0 aliphatic rings. The second kappa shape index (κ2) is 12.1. The van der Waals surface area contributed by atoms with Crippen LogP contribution in [0.5, 0.6) is 11.5 Å². The zero-order chi connectivity index (χ0) is 26.3. The fourth-order valence-corrected chi connectivity index (χ4v) is 3.87. The molecular formula is C24H29Cl2N3O6. The van der Waals surface area contributed by atoms with Gasteiger partial charge in [-0.3, -0.25) is 19.7 Å². The first-order chi connectivity index (χ1) is 16.4. The minimum atomic E-state index is -0.816. The predicted molar refractivity (Wildman–Crippen MR) is 134 cm³/mol. The van der Waals surface area contributed by atoms with Crippen molar-refractivity contribution in [3.8, 4) is 11.5 Å². The zero-order valence-corrected chi connectivity index (χ0v) is 21.8. The molecule has 0 saturated heterocycles. The summed E-state index contributed by atoms with van der Waals surface area (Å²) >= 11 is 12.7. The van der Waals surface area contributed by atoms with E-state index in [1.54, 1.807) is 25.1 Å². The molecule has 0 aliphatic carbocycles. The largest absolute Gasteiger partial charge is 0.490 e. The van der Waals surface area contributed by atoms with Crippen LogP contribution in [0.4, 0.5) is 5.69 Å². The van der Waals surface area contributed by atoms with Crippen molar-refractivity contribution >= 4 is 40.7 Å². The minimum absolute atomic E-state index is 0.00403. The topological polar surface area (TPSA) is 111 Å². The van der Waals surface area contributed by atoms with Gasteiger partial charge in [0.05, 0.1) is 12.0 Å². The van der Waals surface area contributed by atoms with Gasteiger partial charge in [-0.1, -0.05) is 36.2 Å². The van der Waals surface area contributed by atoms with Crippen molar-refractivity contribution in [1.29, 1.82) is 0 Å². The predicted octanol–water partition coefficient (Wildman–Crippen LogP) is 5.01. The van der Waals surface area contributed by atoms with Crippen LogP contribution >= 0.6 is 23.2 Å². The first-order valence-electron chi connectivity index (χ1n) is 10.9. The lowest BCUT2D eigenvalue weighted by molar-refractivity contribution is -0.385. The lowest BCUT2D eigenvalue weighted by Crippen LogP contribution is -2.54. The summed E-state index contributed by atoms with van der Waals surface area (Å²) in [6, 6.07) is 8.10. The van der Waals surface area contributed by atoms with Gasteiger partial charge >= 0.3 is 5.69 Å². The van der Waals surface area contributed by atoms with E-state index in [0.717, 1.165) is 0 Å². The molecule has 0 aliphatic heterocycles. The number of benzene rings is 2. The standard InChI is InChI=1S/C24H29Cl2N3O6/c1-6-19(23(31)27-24(2,3)4)28(13-16-17(25)8-7-9-18(16)26)22(30)14-35-15-10-11-20(29(32)33)21(12-15)34-5/h7-12,19H,6,13-14H2,1-5H3,(H,27,31)/t19-/m1/s1.